The largest absolute Gasteiger partial charge is 0.492 e. The number of rotatable bonds is 9. The van der Waals surface area contributed by atoms with Crippen molar-refractivity contribution in [1.82, 2.24) is 20.7 Å². The number of aryl methyl sites for hydroxylation is 1. The molecular weight excluding hydrogens is 545 g/mol. The van der Waals surface area contributed by atoms with E-state index >= 15 is 0 Å². The fourth-order valence-electron chi connectivity index (χ4n) is 4.60. The van der Waals surface area contributed by atoms with E-state index < -0.39 is 23.6 Å². The van der Waals surface area contributed by atoms with Crippen molar-refractivity contribution in [3.63, 3.8) is 0 Å². The van der Waals surface area contributed by atoms with Gasteiger partial charge in [0.2, 0.25) is 11.8 Å². The summed E-state index contributed by atoms with van der Waals surface area (Å²) >= 11 is 0. The third kappa shape index (κ3) is 8.80. The molecule has 4 rings (SSSR count). The lowest BCUT2D eigenvalue weighted by Gasteiger charge is -2.35. The van der Waals surface area contributed by atoms with E-state index in [0.29, 0.717) is 32.0 Å². The van der Waals surface area contributed by atoms with Crippen molar-refractivity contribution in [3.8, 4) is 11.5 Å². The topological polar surface area (TPSA) is 113 Å². The summed E-state index contributed by atoms with van der Waals surface area (Å²) in [5.41, 5.74) is 3.82. The number of carbonyl (C=O) groups is 3. The standard InChI is InChI=1S/C30H40FN5O6/c1-20-6-9-23(10-7-20)40-13-12-34(5)28(38)19-35-17-22(16-32-35)33-27(37)15-24-18-36(29(39)42-30(2,3)4)25-14-21(31)8-11-26(25)41-24/h6-11,14,22,24,32H,12-13,15-19H2,1-5H3,(H,33,37). The van der Waals surface area contributed by atoms with Gasteiger partial charge in [-0.2, -0.15) is 0 Å². The first kappa shape index (κ1) is 31.0. The third-order valence-corrected chi connectivity index (χ3v) is 6.75. The number of hydrazine groups is 1. The normalized spacial score (nSPS) is 18.6. The number of anilines is 1. The molecule has 2 aliphatic rings. The van der Waals surface area contributed by atoms with Crippen molar-refractivity contribution in [3.05, 3.63) is 53.8 Å². The van der Waals surface area contributed by atoms with Gasteiger partial charge in [-0.1, -0.05) is 17.7 Å². The molecule has 3 amide bonds. The molecule has 2 N–H and O–H groups in total. The van der Waals surface area contributed by atoms with Crippen LogP contribution in [0.3, 0.4) is 0 Å². The minimum atomic E-state index is -0.748. The van der Waals surface area contributed by atoms with Gasteiger partial charge in [0.05, 0.1) is 37.8 Å². The monoisotopic (exact) mass is 585 g/mol. The smallest absolute Gasteiger partial charge is 0.415 e. The van der Waals surface area contributed by atoms with Crippen LogP contribution in [0.25, 0.3) is 0 Å². The molecule has 11 nitrogen and oxygen atoms in total. The molecule has 0 spiro atoms. The summed E-state index contributed by atoms with van der Waals surface area (Å²) in [5, 5.41) is 4.74. The van der Waals surface area contributed by atoms with Crippen LogP contribution in [-0.2, 0) is 14.3 Å². The number of nitrogens with one attached hydrogen (secondary N) is 2. The maximum absolute atomic E-state index is 14.0. The number of likely N-dealkylation sites (N-methyl/N-ethyl adjacent to an activating group) is 1. The summed E-state index contributed by atoms with van der Waals surface area (Å²) in [5.74, 6) is 0.207. The molecule has 0 aromatic heterocycles. The van der Waals surface area contributed by atoms with Crippen molar-refractivity contribution in [2.45, 2.75) is 51.9 Å². The van der Waals surface area contributed by atoms with E-state index in [1.165, 1.54) is 23.1 Å². The first-order valence-electron chi connectivity index (χ1n) is 14.0. The molecule has 0 saturated carbocycles. The predicted molar refractivity (Wildman–Crippen MR) is 155 cm³/mol. The Morgan fingerprint density at radius 3 is 2.60 bits per heavy atom. The SMILES string of the molecule is Cc1ccc(OCCN(C)C(=O)CN2CC(NC(=O)CC3CN(C(=O)OC(C)(C)C)c4cc(F)ccc4O3)CN2)cc1. The van der Waals surface area contributed by atoms with Gasteiger partial charge in [-0.15, -0.1) is 0 Å². The number of hydrogen-bond acceptors (Lipinski definition) is 8. The molecule has 228 valence electrons. The highest BCUT2D eigenvalue weighted by Crippen LogP contribution is 2.35. The van der Waals surface area contributed by atoms with Crippen LogP contribution in [0.5, 0.6) is 11.5 Å². The zero-order chi connectivity index (χ0) is 30.4. The number of ether oxygens (including phenoxy) is 3. The van der Waals surface area contributed by atoms with Gasteiger partial charge in [-0.05, 0) is 52.0 Å². The van der Waals surface area contributed by atoms with Crippen molar-refractivity contribution in [1.29, 1.82) is 0 Å². The molecule has 0 radical (unpaired) electrons. The van der Waals surface area contributed by atoms with Crippen LogP contribution in [0.1, 0.15) is 32.8 Å². The first-order chi connectivity index (χ1) is 19.9. The quantitative estimate of drug-likeness (QED) is 0.462. The van der Waals surface area contributed by atoms with Crippen LogP contribution in [0, 0.1) is 12.7 Å². The fourth-order valence-corrected chi connectivity index (χ4v) is 4.60. The molecule has 1 saturated heterocycles. The van der Waals surface area contributed by atoms with Gasteiger partial charge in [0.1, 0.15) is 35.6 Å². The summed E-state index contributed by atoms with van der Waals surface area (Å²) in [7, 11) is 1.73. The molecule has 2 aliphatic heterocycles. The average molecular weight is 586 g/mol. The van der Waals surface area contributed by atoms with E-state index in [1.807, 2.05) is 31.2 Å². The highest BCUT2D eigenvalue weighted by atomic mass is 19.1. The minimum absolute atomic E-state index is 0.0186. The summed E-state index contributed by atoms with van der Waals surface area (Å²) in [6.07, 6.45) is -1.32. The zero-order valence-corrected chi connectivity index (χ0v) is 24.8. The summed E-state index contributed by atoms with van der Waals surface area (Å²) in [6.45, 7) is 9.16. The lowest BCUT2D eigenvalue weighted by Crippen LogP contribution is -2.48. The summed E-state index contributed by atoms with van der Waals surface area (Å²) < 4.78 is 31.1. The lowest BCUT2D eigenvalue weighted by molar-refractivity contribution is -0.131. The molecular formula is C30H40FN5O6. The van der Waals surface area contributed by atoms with E-state index in [1.54, 1.807) is 37.7 Å². The maximum Gasteiger partial charge on any atom is 0.415 e. The van der Waals surface area contributed by atoms with Crippen LogP contribution in [0.4, 0.5) is 14.9 Å². The Hall–Kier alpha value is -3.90. The van der Waals surface area contributed by atoms with E-state index in [0.717, 1.165) is 11.3 Å². The van der Waals surface area contributed by atoms with Crippen LogP contribution in [-0.4, -0.2) is 91.9 Å². The van der Waals surface area contributed by atoms with Gasteiger partial charge < -0.3 is 24.4 Å². The number of nitrogens with zero attached hydrogens (tertiary/aromatic N) is 3. The predicted octanol–water partition coefficient (Wildman–Crippen LogP) is 2.87. The number of halogens is 1. The van der Waals surface area contributed by atoms with Gasteiger partial charge >= 0.3 is 6.09 Å². The Morgan fingerprint density at radius 2 is 1.88 bits per heavy atom. The molecule has 42 heavy (non-hydrogen) atoms. The van der Waals surface area contributed by atoms with Crippen molar-refractivity contribution in [2.75, 3.05) is 51.3 Å². The second-order valence-corrected chi connectivity index (χ2v) is 11.6. The van der Waals surface area contributed by atoms with E-state index in [9.17, 15) is 18.8 Å². The summed E-state index contributed by atoms with van der Waals surface area (Å²) in [4.78, 5) is 41.4. The Labute approximate surface area is 245 Å². The second-order valence-electron chi connectivity index (χ2n) is 11.6. The van der Waals surface area contributed by atoms with E-state index in [2.05, 4.69) is 10.7 Å². The lowest BCUT2D eigenvalue weighted by atomic mass is 10.1. The third-order valence-electron chi connectivity index (χ3n) is 6.75. The van der Waals surface area contributed by atoms with Crippen molar-refractivity contribution >= 4 is 23.6 Å². The molecule has 2 aromatic carbocycles. The second kappa shape index (κ2) is 13.4. The Bertz CT molecular complexity index is 1270. The zero-order valence-electron chi connectivity index (χ0n) is 24.8. The van der Waals surface area contributed by atoms with Gasteiger partial charge in [0, 0.05) is 26.2 Å². The Kier molecular flexibility index (Phi) is 9.89. The number of hydrogen-bond donors (Lipinski definition) is 2. The highest BCUT2D eigenvalue weighted by molar-refractivity contribution is 5.91. The molecule has 2 heterocycles. The molecule has 0 bridgehead atoms. The van der Waals surface area contributed by atoms with Gasteiger partial charge in [0.25, 0.3) is 0 Å². The van der Waals surface area contributed by atoms with Gasteiger partial charge in [-0.3, -0.25) is 19.9 Å². The van der Waals surface area contributed by atoms with E-state index in [4.69, 9.17) is 14.2 Å². The summed E-state index contributed by atoms with van der Waals surface area (Å²) in [6, 6.07) is 11.4. The van der Waals surface area contributed by atoms with Crippen LogP contribution in [0.2, 0.25) is 0 Å². The molecule has 2 atom stereocenters. The van der Waals surface area contributed by atoms with E-state index in [-0.39, 0.29) is 43.1 Å². The van der Waals surface area contributed by atoms with Crippen molar-refractivity contribution in [2.24, 2.45) is 0 Å². The van der Waals surface area contributed by atoms with Crippen LogP contribution in [0.15, 0.2) is 42.5 Å². The molecule has 2 aromatic rings. The van der Waals surface area contributed by atoms with Gasteiger partial charge in [0.15, 0.2) is 0 Å². The minimum Gasteiger partial charge on any atom is -0.492 e. The highest BCUT2D eigenvalue weighted by Gasteiger charge is 2.35. The Morgan fingerprint density at radius 1 is 1.14 bits per heavy atom. The van der Waals surface area contributed by atoms with Crippen LogP contribution < -0.4 is 25.1 Å². The fraction of sp³-hybridized carbons (Fsp3) is 0.500. The number of fused-ring (bicyclic) bond motifs is 1. The molecule has 12 heteroatoms. The van der Waals surface area contributed by atoms with Crippen LogP contribution >= 0.6 is 0 Å². The molecule has 0 aliphatic carbocycles. The number of amides is 3. The Balaban J connectivity index is 1.23. The maximum atomic E-state index is 14.0. The number of carbonyl (C=O) groups excluding carboxylic acids is 3. The number of benzene rings is 2. The van der Waals surface area contributed by atoms with Crippen molar-refractivity contribution < 1.29 is 33.0 Å². The molecule has 1 fully saturated rings. The molecule has 2 unspecified atom stereocenters. The van der Waals surface area contributed by atoms with Gasteiger partial charge in [-0.25, -0.2) is 14.2 Å². The average Bonchev–Trinajstić information content (AvgIpc) is 3.34. The first-order valence-corrected chi connectivity index (χ1v) is 14.0.